The van der Waals surface area contributed by atoms with Gasteiger partial charge < -0.3 is 5.32 Å². The average Bonchev–Trinajstić information content (AvgIpc) is 2.34. The lowest BCUT2D eigenvalue weighted by Crippen LogP contribution is -2.24. The molecule has 0 amide bonds. The first-order valence-electron chi connectivity index (χ1n) is 6.76. The Balaban J connectivity index is 2.86. The van der Waals surface area contributed by atoms with Crippen molar-refractivity contribution in [2.45, 2.75) is 46.1 Å². The van der Waals surface area contributed by atoms with Gasteiger partial charge in [-0.2, -0.15) is 0 Å². The molecule has 0 bridgehead atoms. The fourth-order valence-electron chi connectivity index (χ4n) is 1.99. The summed E-state index contributed by atoms with van der Waals surface area (Å²) in [6.45, 7) is 7.81. The standard InChI is InChI=1S/C15H23BrClN/c1-4-8-18-15(9-11(3)5-2)13-7-6-12(17)10-14(13)16/h6-7,10-11,15,18H,4-5,8-9H2,1-3H3. The van der Waals surface area contributed by atoms with Crippen molar-refractivity contribution in [2.75, 3.05) is 6.54 Å². The van der Waals surface area contributed by atoms with Gasteiger partial charge in [-0.15, -0.1) is 0 Å². The summed E-state index contributed by atoms with van der Waals surface area (Å²) >= 11 is 9.64. The van der Waals surface area contributed by atoms with Crippen LogP contribution in [0.25, 0.3) is 0 Å². The van der Waals surface area contributed by atoms with Crippen LogP contribution in [0, 0.1) is 5.92 Å². The molecular formula is C15H23BrClN. The summed E-state index contributed by atoms with van der Waals surface area (Å²) in [5, 5.41) is 4.42. The monoisotopic (exact) mass is 331 g/mol. The number of hydrogen-bond donors (Lipinski definition) is 1. The van der Waals surface area contributed by atoms with E-state index in [0.29, 0.717) is 6.04 Å². The van der Waals surface area contributed by atoms with Gasteiger partial charge in [-0.3, -0.25) is 0 Å². The average molecular weight is 333 g/mol. The van der Waals surface area contributed by atoms with Crippen LogP contribution in [0.5, 0.6) is 0 Å². The smallest absolute Gasteiger partial charge is 0.0417 e. The molecule has 0 spiro atoms. The van der Waals surface area contributed by atoms with Gasteiger partial charge in [0.05, 0.1) is 0 Å². The maximum absolute atomic E-state index is 6.01. The minimum absolute atomic E-state index is 0.409. The summed E-state index contributed by atoms with van der Waals surface area (Å²) in [5.41, 5.74) is 1.31. The lowest BCUT2D eigenvalue weighted by molar-refractivity contribution is 0.401. The zero-order valence-corrected chi connectivity index (χ0v) is 13.8. The van der Waals surface area contributed by atoms with Crippen molar-refractivity contribution in [2.24, 2.45) is 5.92 Å². The van der Waals surface area contributed by atoms with Gasteiger partial charge in [-0.05, 0) is 43.0 Å². The molecular weight excluding hydrogens is 310 g/mol. The van der Waals surface area contributed by atoms with Crippen LogP contribution in [0.15, 0.2) is 22.7 Å². The predicted octanol–water partition coefficient (Wildman–Crippen LogP) is 5.58. The summed E-state index contributed by atoms with van der Waals surface area (Å²) in [4.78, 5) is 0. The molecule has 0 aromatic heterocycles. The number of rotatable bonds is 7. The molecule has 0 aliphatic rings. The molecule has 18 heavy (non-hydrogen) atoms. The zero-order valence-electron chi connectivity index (χ0n) is 11.5. The van der Waals surface area contributed by atoms with Gasteiger partial charge in [0, 0.05) is 15.5 Å². The van der Waals surface area contributed by atoms with E-state index in [1.807, 2.05) is 12.1 Å². The van der Waals surface area contributed by atoms with Crippen molar-refractivity contribution in [1.29, 1.82) is 0 Å². The van der Waals surface area contributed by atoms with Crippen LogP contribution in [0.4, 0.5) is 0 Å². The molecule has 0 saturated heterocycles. The first-order chi connectivity index (χ1) is 8.58. The fourth-order valence-corrected chi connectivity index (χ4v) is 2.95. The van der Waals surface area contributed by atoms with Gasteiger partial charge >= 0.3 is 0 Å². The molecule has 0 aliphatic heterocycles. The molecule has 0 heterocycles. The van der Waals surface area contributed by atoms with E-state index in [-0.39, 0.29) is 0 Å². The van der Waals surface area contributed by atoms with Crippen LogP contribution in [0.3, 0.4) is 0 Å². The van der Waals surface area contributed by atoms with Crippen molar-refractivity contribution in [3.8, 4) is 0 Å². The number of hydrogen-bond acceptors (Lipinski definition) is 1. The Labute approximate surface area is 124 Å². The van der Waals surface area contributed by atoms with Crippen molar-refractivity contribution < 1.29 is 0 Å². The molecule has 1 nitrogen and oxygen atoms in total. The minimum Gasteiger partial charge on any atom is -0.310 e. The second-order valence-corrected chi connectivity index (χ2v) is 6.21. The molecule has 0 aliphatic carbocycles. The topological polar surface area (TPSA) is 12.0 Å². The van der Waals surface area contributed by atoms with Crippen molar-refractivity contribution >= 4 is 27.5 Å². The lowest BCUT2D eigenvalue weighted by atomic mass is 9.94. The fraction of sp³-hybridized carbons (Fsp3) is 0.600. The van der Waals surface area contributed by atoms with E-state index in [0.717, 1.165) is 34.8 Å². The van der Waals surface area contributed by atoms with Crippen LogP contribution in [-0.2, 0) is 0 Å². The maximum Gasteiger partial charge on any atom is 0.0417 e. The molecule has 2 atom stereocenters. The molecule has 102 valence electrons. The first-order valence-corrected chi connectivity index (χ1v) is 7.93. The normalized spacial score (nSPS) is 14.5. The van der Waals surface area contributed by atoms with E-state index >= 15 is 0 Å². The summed E-state index contributed by atoms with van der Waals surface area (Å²) in [6.07, 6.45) is 3.54. The minimum atomic E-state index is 0.409. The van der Waals surface area contributed by atoms with Crippen molar-refractivity contribution in [3.63, 3.8) is 0 Å². The Kier molecular flexibility index (Phi) is 7.28. The van der Waals surface area contributed by atoms with E-state index < -0.39 is 0 Å². The van der Waals surface area contributed by atoms with Crippen molar-refractivity contribution in [3.05, 3.63) is 33.3 Å². The SMILES string of the molecule is CCCNC(CC(C)CC)c1ccc(Cl)cc1Br. The molecule has 2 unspecified atom stereocenters. The Morgan fingerprint density at radius 1 is 1.33 bits per heavy atom. The Bertz CT molecular complexity index is 368. The quantitative estimate of drug-likeness (QED) is 0.687. The van der Waals surface area contributed by atoms with Crippen LogP contribution < -0.4 is 5.32 Å². The third-order valence-electron chi connectivity index (χ3n) is 3.31. The Morgan fingerprint density at radius 2 is 2.06 bits per heavy atom. The molecule has 3 heteroatoms. The molecule has 1 N–H and O–H groups in total. The largest absolute Gasteiger partial charge is 0.310 e. The molecule has 0 radical (unpaired) electrons. The summed E-state index contributed by atoms with van der Waals surface area (Å²) < 4.78 is 1.10. The molecule has 1 aromatic rings. The van der Waals surface area contributed by atoms with E-state index in [9.17, 15) is 0 Å². The van der Waals surface area contributed by atoms with Gasteiger partial charge in [-0.25, -0.2) is 0 Å². The summed E-state index contributed by atoms with van der Waals surface area (Å²) in [5.74, 6) is 0.724. The van der Waals surface area contributed by atoms with E-state index in [4.69, 9.17) is 11.6 Å². The second kappa shape index (κ2) is 8.19. The zero-order chi connectivity index (χ0) is 13.5. The van der Waals surface area contributed by atoms with Gasteiger partial charge in [0.2, 0.25) is 0 Å². The van der Waals surface area contributed by atoms with Crippen molar-refractivity contribution in [1.82, 2.24) is 5.32 Å². The number of benzene rings is 1. The van der Waals surface area contributed by atoms with Crippen LogP contribution in [-0.4, -0.2) is 6.54 Å². The van der Waals surface area contributed by atoms with Crippen LogP contribution in [0.1, 0.15) is 51.6 Å². The van der Waals surface area contributed by atoms with E-state index in [2.05, 4.69) is 48.1 Å². The predicted molar refractivity (Wildman–Crippen MR) is 84.3 cm³/mol. The van der Waals surface area contributed by atoms with Crippen LogP contribution >= 0.6 is 27.5 Å². The highest BCUT2D eigenvalue weighted by Gasteiger charge is 2.16. The van der Waals surface area contributed by atoms with Gasteiger partial charge in [0.1, 0.15) is 0 Å². The molecule has 1 rings (SSSR count). The number of halogens is 2. The van der Waals surface area contributed by atoms with Crippen LogP contribution in [0.2, 0.25) is 5.02 Å². The lowest BCUT2D eigenvalue weighted by Gasteiger charge is -2.23. The van der Waals surface area contributed by atoms with Gasteiger partial charge in [-0.1, -0.05) is 60.8 Å². The highest BCUT2D eigenvalue weighted by Crippen LogP contribution is 2.31. The maximum atomic E-state index is 6.01. The van der Waals surface area contributed by atoms with Gasteiger partial charge in [0.25, 0.3) is 0 Å². The third kappa shape index (κ3) is 4.91. The van der Waals surface area contributed by atoms with Gasteiger partial charge in [0.15, 0.2) is 0 Å². The third-order valence-corrected chi connectivity index (χ3v) is 4.24. The molecule has 0 fully saturated rings. The summed E-state index contributed by atoms with van der Waals surface area (Å²) in [6, 6.07) is 6.49. The highest BCUT2D eigenvalue weighted by atomic mass is 79.9. The Hall–Kier alpha value is -0.0500. The van der Waals surface area contributed by atoms with E-state index in [1.54, 1.807) is 0 Å². The van der Waals surface area contributed by atoms with E-state index in [1.165, 1.54) is 12.0 Å². The first kappa shape index (κ1) is 16.0. The highest BCUT2D eigenvalue weighted by molar-refractivity contribution is 9.10. The number of nitrogens with one attached hydrogen (secondary N) is 1. The second-order valence-electron chi connectivity index (χ2n) is 4.92. The Morgan fingerprint density at radius 3 is 2.61 bits per heavy atom. The summed E-state index contributed by atoms with van der Waals surface area (Å²) in [7, 11) is 0. The molecule has 0 saturated carbocycles. The molecule has 1 aromatic carbocycles.